The number of aromatic nitrogens is 4. The number of piperidine rings is 1. The molecular formula is C20H21N5O2S2. The second-order valence-corrected chi connectivity index (χ2v) is 10.3. The molecule has 3 aromatic heterocycles. The molecule has 0 aliphatic carbocycles. The first kappa shape index (κ1) is 18.5. The van der Waals surface area contributed by atoms with Crippen LogP contribution in [0.1, 0.15) is 30.4 Å². The minimum Gasteiger partial charge on any atom is -0.355 e. The first-order valence-electron chi connectivity index (χ1n) is 9.67. The van der Waals surface area contributed by atoms with Crippen molar-refractivity contribution < 1.29 is 8.42 Å². The molecule has 1 saturated heterocycles. The normalized spacial score (nSPS) is 15.4. The van der Waals surface area contributed by atoms with Crippen LogP contribution in [-0.4, -0.2) is 41.3 Å². The summed E-state index contributed by atoms with van der Waals surface area (Å²) in [5.74, 6) is 0.834. The summed E-state index contributed by atoms with van der Waals surface area (Å²) in [6.45, 7) is 5.71. The van der Waals surface area contributed by atoms with Gasteiger partial charge in [0.25, 0.3) is 0 Å². The number of rotatable bonds is 3. The Bertz CT molecular complexity index is 1330. The van der Waals surface area contributed by atoms with Crippen LogP contribution in [0.3, 0.4) is 0 Å². The lowest BCUT2D eigenvalue weighted by Crippen LogP contribution is -2.30. The second-order valence-electron chi connectivity index (χ2n) is 7.50. The second kappa shape index (κ2) is 6.77. The molecule has 1 fully saturated rings. The largest absolute Gasteiger partial charge is 0.355 e. The molecule has 9 heteroatoms. The first-order valence-corrected chi connectivity index (χ1v) is 12.0. The van der Waals surface area contributed by atoms with E-state index in [4.69, 9.17) is 4.98 Å². The van der Waals surface area contributed by atoms with Crippen molar-refractivity contribution in [3.63, 3.8) is 0 Å². The van der Waals surface area contributed by atoms with E-state index >= 15 is 0 Å². The van der Waals surface area contributed by atoms with E-state index in [0.29, 0.717) is 0 Å². The van der Waals surface area contributed by atoms with Gasteiger partial charge in [0.2, 0.25) is 14.9 Å². The summed E-state index contributed by atoms with van der Waals surface area (Å²) in [6.07, 6.45) is 3.45. The summed E-state index contributed by atoms with van der Waals surface area (Å²) in [7, 11) is -3.83. The van der Waals surface area contributed by atoms with Crippen LogP contribution in [-0.2, 0) is 9.84 Å². The summed E-state index contributed by atoms with van der Waals surface area (Å²) in [5.41, 5.74) is 3.09. The maximum atomic E-state index is 13.4. The highest BCUT2D eigenvalue weighted by molar-refractivity contribution is 7.91. The van der Waals surface area contributed by atoms with Gasteiger partial charge in [0.05, 0.1) is 15.1 Å². The van der Waals surface area contributed by atoms with E-state index in [-0.39, 0.29) is 15.6 Å². The van der Waals surface area contributed by atoms with Gasteiger partial charge < -0.3 is 4.90 Å². The number of anilines is 1. The van der Waals surface area contributed by atoms with E-state index in [1.165, 1.54) is 6.42 Å². The third-order valence-electron chi connectivity index (χ3n) is 5.60. The molecule has 1 aromatic carbocycles. The zero-order valence-corrected chi connectivity index (χ0v) is 17.9. The van der Waals surface area contributed by atoms with Gasteiger partial charge >= 0.3 is 0 Å². The van der Waals surface area contributed by atoms with Crippen LogP contribution in [0.5, 0.6) is 0 Å². The number of hydrogen-bond donors (Lipinski definition) is 0. The predicted octanol–water partition coefficient (Wildman–Crippen LogP) is 3.78. The number of nitrogens with zero attached hydrogens (tertiary/aromatic N) is 5. The van der Waals surface area contributed by atoms with E-state index in [9.17, 15) is 8.42 Å². The van der Waals surface area contributed by atoms with Gasteiger partial charge in [0, 0.05) is 13.1 Å². The zero-order chi connectivity index (χ0) is 20.2. The average Bonchev–Trinajstić information content (AvgIpc) is 3.36. The molecule has 5 rings (SSSR count). The van der Waals surface area contributed by atoms with Crippen LogP contribution in [0.4, 0.5) is 5.82 Å². The maximum Gasteiger partial charge on any atom is 0.229 e. The Morgan fingerprint density at radius 2 is 1.83 bits per heavy atom. The Morgan fingerprint density at radius 3 is 2.59 bits per heavy atom. The molecule has 0 amide bonds. The standard InChI is InChI=1S/C20H21N5O2S2/c1-13-6-7-15(12-14(13)2)29(26,27)20-19-21-18(24-9-4-3-5-10-24)17-16(8-11-28-17)25(19)23-22-20/h6-8,11-12H,3-5,9-10H2,1-2H3. The van der Waals surface area contributed by atoms with E-state index in [1.807, 2.05) is 31.4 Å². The molecule has 0 atom stereocenters. The number of thiophene rings is 1. The predicted molar refractivity (Wildman–Crippen MR) is 114 cm³/mol. The lowest BCUT2D eigenvalue weighted by molar-refractivity contribution is 0.575. The van der Waals surface area contributed by atoms with E-state index in [2.05, 4.69) is 15.2 Å². The van der Waals surface area contributed by atoms with Crippen LogP contribution < -0.4 is 4.90 Å². The fraction of sp³-hybridized carbons (Fsp3) is 0.350. The van der Waals surface area contributed by atoms with Crippen molar-refractivity contribution in [2.24, 2.45) is 0 Å². The summed E-state index contributed by atoms with van der Waals surface area (Å²) >= 11 is 1.60. The van der Waals surface area contributed by atoms with E-state index in [0.717, 1.165) is 53.1 Å². The Kier molecular flexibility index (Phi) is 4.32. The highest BCUT2D eigenvalue weighted by Gasteiger charge is 2.28. The molecule has 7 nitrogen and oxygen atoms in total. The average molecular weight is 428 g/mol. The number of fused-ring (bicyclic) bond motifs is 3. The fourth-order valence-electron chi connectivity index (χ4n) is 3.79. The fourth-order valence-corrected chi connectivity index (χ4v) is 6.00. The van der Waals surface area contributed by atoms with Crippen molar-refractivity contribution in [1.29, 1.82) is 0 Å². The Labute approximate surface area is 172 Å². The highest BCUT2D eigenvalue weighted by atomic mass is 32.2. The third kappa shape index (κ3) is 2.91. The molecule has 0 unspecified atom stereocenters. The molecular weight excluding hydrogens is 406 g/mol. The minimum atomic E-state index is -3.83. The topological polar surface area (TPSA) is 80.5 Å². The van der Waals surface area contributed by atoms with Gasteiger partial charge in [-0.1, -0.05) is 11.3 Å². The summed E-state index contributed by atoms with van der Waals surface area (Å²) in [6, 6.07) is 7.07. The molecule has 4 heterocycles. The monoisotopic (exact) mass is 427 g/mol. The van der Waals surface area contributed by atoms with Crippen LogP contribution in [0.2, 0.25) is 0 Å². The lowest BCUT2D eigenvalue weighted by Gasteiger charge is -2.28. The lowest BCUT2D eigenvalue weighted by atomic mass is 10.1. The summed E-state index contributed by atoms with van der Waals surface area (Å²) in [4.78, 5) is 7.26. The highest BCUT2D eigenvalue weighted by Crippen LogP contribution is 2.34. The minimum absolute atomic E-state index is 0.0906. The molecule has 0 radical (unpaired) electrons. The van der Waals surface area contributed by atoms with Crippen molar-refractivity contribution in [2.75, 3.05) is 18.0 Å². The molecule has 0 saturated carbocycles. The van der Waals surface area contributed by atoms with Crippen molar-refractivity contribution in [2.45, 2.75) is 43.0 Å². The number of benzene rings is 1. The molecule has 1 aliphatic rings. The third-order valence-corrected chi connectivity index (χ3v) is 8.15. The van der Waals surface area contributed by atoms with Crippen LogP contribution >= 0.6 is 11.3 Å². The first-order chi connectivity index (χ1) is 14.0. The van der Waals surface area contributed by atoms with Crippen molar-refractivity contribution >= 4 is 42.9 Å². The van der Waals surface area contributed by atoms with Crippen LogP contribution in [0.25, 0.3) is 15.9 Å². The van der Waals surface area contributed by atoms with Gasteiger partial charge in [-0.05, 0) is 67.8 Å². The molecule has 0 N–H and O–H groups in total. The quantitative estimate of drug-likeness (QED) is 0.495. The Morgan fingerprint density at radius 1 is 1.03 bits per heavy atom. The number of sulfone groups is 1. The van der Waals surface area contributed by atoms with Gasteiger partial charge in [-0.25, -0.2) is 13.4 Å². The van der Waals surface area contributed by atoms with Gasteiger partial charge in [-0.3, -0.25) is 0 Å². The molecule has 1 aliphatic heterocycles. The molecule has 0 bridgehead atoms. The van der Waals surface area contributed by atoms with Crippen molar-refractivity contribution in [3.8, 4) is 0 Å². The Hall–Kier alpha value is -2.52. The number of aryl methyl sites for hydroxylation is 2. The van der Waals surface area contributed by atoms with Gasteiger partial charge in [-0.15, -0.1) is 16.4 Å². The zero-order valence-electron chi connectivity index (χ0n) is 16.3. The van der Waals surface area contributed by atoms with Crippen LogP contribution in [0, 0.1) is 13.8 Å². The molecule has 0 spiro atoms. The summed E-state index contributed by atoms with van der Waals surface area (Å²) in [5, 5.41) is 10.1. The van der Waals surface area contributed by atoms with E-state index < -0.39 is 9.84 Å². The molecule has 150 valence electrons. The molecule has 29 heavy (non-hydrogen) atoms. The van der Waals surface area contributed by atoms with Gasteiger partial charge in [0.15, 0.2) is 11.5 Å². The summed E-state index contributed by atoms with van der Waals surface area (Å²) < 4.78 is 29.3. The molecule has 4 aromatic rings. The maximum absolute atomic E-state index is 13.4. The smallest absolute Gasteiger partial charge is 0.229 e. The van der Waals surface area contributed by atoms with Gasteiger partial charge in [-0.2, -0.15) is 4.52 Å². The Balaban J connectivity index is 1.74. The van der Waals surface area contributed by atoms with Crippen molar-refractivity contribution in [1.82, 2.24) is 19.8 Å². The van der Waals surface area contributed by atoms with Crippen molar-refractivity contribution in [3.05, 3.63) is 40.8 Å². The SMILES string of the molecule is Cc1ccc(S(=O)(=O)c2nnn3c2nc(N2CCCCC2)c2sccc23)cc1C. The number of hydrogen-bond acceptors (Lipinski definition) is 7. The van der Waals surface area contributed by atoms with Crippen LogP contribution in [0.15, 0.2) is 39.6 Å². The van der Waals surface area contributed by atoms with Gasteiger partial charge in [0.1, 0.15) is 0 Å². The van der Waals surface area contributed by atoms with E-state index in [1.54, 1.807) is 28.0 Å².